The fourth-order valence-electron chi connectivity index (χ4n) is 4.99. The molecule has 0 atom stereocenters. The molecule has 1 aliphatic heterocycles. The topological polar surface area (TPSA) is 110 Å². The second-order valence-electron chi connectivity index (χ2n) is 9.77. The summed E-state index contributed by atoms with van der Waals surface area (Å²) in [5, 5.41) is 21.7. The molecule has 3 aromatic carbocycles. The number of aromatic carboxylic acids is 1. The fraction of sp³-hybridized carbons (Fsp3) is 0.300. The van der Waals surface area contributed by atoms with Gasteiger partial charge in [0.2, 0.25) is 5.91 Å². The summed E-state index contributed by atoms with van der Waals surface area (Å²) in [6, 6.07) is 18.6. The number of benzene rings is 3. The van der Waals surface area contributed by atoms with Crippen molar-refractivity contribution in [1.82, 2.24) is 20.2 Å². The number of ether oxygens (including phenoxy) is 1. The smallest absolute Gasteiger partial charge is 0.335 e. The Morgan fingerprint density at radius 1 is 1.05 bits per heavy atom. The summed E-state index contributed by atoms with van der Waals surface area (Å²) in [7, 11) is 0. The van der Waals surface area contributed by atoms with E-state index in [1.54, 1.807) is 22.9 Å². The Morgan fingerprint density at radius 3 is 2.72 bits per heavy atom. The normalized spacial score (nSPS) is 12.7. The summed E-state index contributed by atoms with van der Waals surface area (Å²) in [5.74, 6) is 0.543. The first kappa shape index (κ1) is 26.1. The van der Waals surface area contributed by atoms with Gasteiger partial charge in [-0.05, 0) is 90.1 Å². The van der Waals surface area contributed by atoms with Gasteiger partial charge in [0.15, 0.2) is 5.82 Å². The molecule has 2 heterocycles. The molecule has 1 amide bonds. The number of carboxylic acid groups (broad SMARTS) is 1. The largest absolute Gasteiger partial charge is 0.493 e. The monoisotopic (exact) mass is 525 g/mol. The molecule has 9 nitrogen and oxygen atoms in total. The molecule has 5 rings (SSSR count). The van der Waals surface area contributed by atoms with Gasteiger partial charge in [0.1, 0.15) is 5.75 Å². The third kappa shape index (κ3) is 5.67. The highest BCUT2D eigenvalue weighted by atomic mass is 16.5. The zero-order chi connectivity index (χ0) is 27.4. The number of amides is 1. The fourth-order valence-corrected chi connectivity index (χ4v) is 4.99. The molecule has 0 spiro atoms. The molecule has 4 aromatic rings. The van der Waals surface area contributed by atoms with E-state index in [-0.39, 0.29) is 11.5 Å². The molecule has 9 heteroatoms. The van der Waals surface area contributed by atoms with E-state index in [0.717, 1.165) is 46.5 Å². The van der Waals surface area contributed by atoms with Crippen molar-refractivity contribution in [3.05, 3.63) is 88.5 Å². The maximum atomic E-state index is 13.3. The highest BCUT2D eigenvalue weighted by molar-refractivity contribution is 5.95. The quantitative estimate of drug-likeness (QED) is 0.311. The van der Waals surface area contributed by atoms with Crippen molar-refractivity contribution < 1.29 is 19.4 Å². The van der Waals surface area contributed by atoms with Crippen LogP contribution in [0.2, 0.25) is 0 Å². The first-order chi connectivity index (χ1) is 18.9. The molecule has 0 fully saturated rings. The van der Waals surface area contributed by atoms with Crippen molar-refractivity contribution in [3.8, 4) is 17.1 Å². The molecule has 1 N–H and O–H groups in total. The minimum Gasteiger partial charge on any atom is -0.493 e. The number of fused-ring (bicyclic) bond motifs is 1. The lowest BCUT2D eigenvalue weighted by atomic mass is 9.95. The van der Waals surface area contributed by atoms with Crippen LogP contribution in [0.1, 0.15) is 51.9 Å². The minimum absolute atomic E-state index is 0.0720. The SMILES string of the molecule is Cc1cccc(OCCCC(=O)N2CCCc3c(-c4nnnn4Cc4cccc(C(=O)O)c4)cccc32)c1C. The van der Waals surface area contributed by atoms with Crippen LogP contribution in [0.3, 0.4) is 0 Å². The molecule has 0 unspecified atom stereocenters. The molecule has 1 aromatic heterocycles. The lowest BCUT2D eigenvalue weighted by Gasteiger charge is -2.31. The zero-order valence-electron chi connectivity index (χ0n) is 22.1. The number of anilines is 1. The van der Waals surface area contributed by atoms with Crippen LogP contribution in [0.4, 0.5) is 5.69 Å². The van der Waals surface area contributed by atoms with Gasteiger partial charge in [-0.1, -0.05) is 36.4 Å². The molecule has 1 aliphatic rings. The lowest BCUT2D eigenvalue weighted by Crippen LogP contribution is -2.35. The van der Waals surface area contributed by atoms with Gasteiger partial charge in [-0.3, -0.25) is 4.79 Å². The summed E-state index contributed by atoms with van der Waals surface area (Å²) < 4.78 is 7.62. The van der Waals surface area contributed by atoms with E-state index in [2.05, 4.69) is 28.5 Å². The third-order valence-corrected chi connectivity index (χ3v) is 7.18. The number of aromatic nitrogens is 4. The summed E-state index contributed by atoms with van der Waals surface area (Å²) in [5.41, 5.74) is 6.12. The number of carbonyl (C=O) groups is 2. The summed E-state index contributed by atoms with van der Waals surface area (Å²) in [6.07, 6.45) is 2.68. The maximum absolute atomic E-state index is 13.3. The van der Waals surface area contributed by atoms with Gasteiger partial charge in [0.25, 0.3) is 0 Å². The van der Waals surface area contributed by atoms with Gasteiger partial charge in [-0.15, -0.1) is 5.10 Å². The van der Waals surface area contributed by atoms with Crippen LogP contribution < -0.4 is 9.64 Å². The van der Waals surface area contributed by atoms with Crippen LogP contribution in [-0.4, -0.2) is 50.3 Å². The lowest BCUT2D eigenvalue weighted by molar-refractivity contribution is -0.118. The standard InChI is InChI=1S/C30H31N5O4/c1-20-8-3-14-27(21(20)2)39-17-7-15-28(36)34-16-6-12-24-25(11-5-13-26(24)34)29-31-32-33-35(29)19-22-9-4-10-23(18-22)30(37)38/h3-5,8-11,13-14,18H,6-7,12,15-17,19H2,1-2H3,(H,37,38). The molecule has 0 bridgehead atoms. The van der Waals surface area contributed by atoms with Crippen LogP contribution in [0.15, 0.2) is 60.7 Å². The van der Waals surface area contributed by atoms with Crippen molar-refractivity contribution in [2.24, 2.45) is 0 Å². The van der Waals surface area contributed by atoms with E-state index < -0.39 is 5.97 Å². The van der Waals surface area contributed by atoms with Crippen LogP contribution in [0.5, 0.6) is 5.75 Å². The number of nitrogens with zero attached hydrogens (tertiary/aromatic N) is 5. The van der Waals surface area contributed by atoms with Gasteiger partial charge < -0.3 is 14.7 Å². The Morgan fingerprint density at radius 2 is 1.87 bits per heavy atom. The van der Waals surface area contributed by atoms with Crippen LogP contribution in [0, 0.1) is 13.8 Å². The van der Waals surface area contributed by atoms with Crippen molar-refractivity contribution in [3.63, 3.8) is 0 Å². The van der Waals surface area contributed by atoms with Crippen molar-refractivity contribution >= 4 is 17.6 Å². The number of carboxylic acids is 1. The van der Waals surface area contributed by atoms with Crippen LogP contribution in [0.25, 0.3) is 11.4 Å². The van der Waals surface area contributed by atoms with Crippen molar-refractivity contribution in [2.75, 3.05) is 18.1 Å². The van der Waals surface area contributed by atoms with Gasteiger partial charge in [0, 0.05) is 24.2 Å². The van der Waals surface area contributed by atoms with Crippen LogP contribution in [-0.2, 0) is 17.8 Å². The van der Waals surface area contributed by atoms with E-state index in [9.17, 15) is 14.7 Å². The van der Waals surface area contributed by atoms with Crippen LogP contribution >= 0.6 is 0 Å². The molecular weight excluding hydrogens is 494 g/mol. The number of aryl methyl sites for hydroxylation is 1. The number of tetrazole rings is 1. The first-order valence-corrected chi connectivity index (χ1v) is 13.1. The average Bonchev–Trinajstić information content (AvgIpc) is 3.40. The molecule has 0 radical (unpaired) electrons. The summed E-state index contributed by atoms with van der Waals surface area (Å²) >= 11 is 0. The predicted molar refractivity (Wildman–Crippen MR) is 147 cm³/mol. The Labute approximate surface area is 227 Å². The number of hydrogen-bond acceptors (Lipinski definition) is 6. The number of hydrogen-bond donors (Lipinski definition) is 1. The summed E-state index contributed by atoms with van der Waals surface area (Å²) in [6.45, 7) is 5.58. The molecule has 39 heavy (non-hydrogen) atoms. The van der Waals surface area contributed by atoms with Crippen molar-refractivity contribution in [2.45, 2.75) is 46.1 Å². The second kappa shape index (κ2) is 11.5. The molecule has 0 aliphatic carbocycles. The Balaban J connectivity index is 1.30. The third-order valence-electron chi connectivity index (χ3n) is 7.18. The van der Waals surface area contributed by atoms with E-state index in [1.807, 2.05) is 48.2 Å². The average molecular weight is 526 g/mol. The van der Waals surface area contributed by atoms with Gasteiger partial charge in [-0.2, -0.15) is 0 Å². The Bertz CT molecular complexity index is 1510. The Hall–Kier alpha value is -4.53. The summed E-state index contributed by atoms with van der Waals surface area (Å²) in [4.78, 5) is 26.5. The van der Waals surface area contributed by atoms with E-state index in [0.29, 0.717) is 38.4 Å². The zero-order valence-corrected chi connectivity index (χ0v) is 22.1. The van der Waals surface area contributed by atoms with E-state index >= 15 is 0 Å². The minimum atomic E-state index is -0.979. The Kier molecular flexibility index (Phi) is 7.67. The van der Waals surface area contributed by atoms with E-state index in [4.69, 9.17) is 4.74 Å². The molecule has 200 valence electrons. The molecule has 0 saturated heterocycles. The van der Waals surface area contributed by atoms with Gasteiger partial charge in [-0.25, -0.2) is 9.48 Å². The number of carbonyl (C=O) groups excluding carboxylic acids is 1. The van der Waals surface area contributed by atoms with Crippen molar-refractivity contribution in [1.29, 1.82) is 0 Å². The predicted octanol–water partition coefficient (Wildman–Crippen LogP) is 4.84. The van der Waals surface area contributed by atoms with E-state index in [1.165, 1.54) is 5.56 Å². The molecule has 0 saturated carbocycles. The van der Waals surface area contributed by atoms with Gasteiger partial charge in [0.05, 0.1) is 18.7 Å². The van der Waals surface area contributed by atoms with Gasteiger partial charge >= 0.3 is 5.97 Å². The first-order valence-electron chi connectivity index (χ1n) is 13.1. The highest BCUT2D eigenvalue weighted by Crippen LogP contribution is 2.35. The maximum Gasteiger partial charge on any atom is 0.335 e. The molecular formula is C30H31N5O4. The second-order valence-corrected chi connectivity index (χ2v) is 9.77. The highest BCUT2D eigenvalue weighted by Gasteiger charge is 2.26. The number of rotatable bonds is 9.